The molecule has 0 spiro atoms. The summed E-state index contributed by atoms with van der Waals surface area (Å²) in [6.07, 6.45) is 1.58. The van der Waals surface area contributed by atoms with Gasteiger partial charge in [0.25, 0.3) is 5.56 Å². The second-order valence-corrected chi connectivity index (χ2v) is 5.19. The number of carbonyl (C=O) groups excluding carboxylic acids is 1. The summed E-state index contributed by atoms with van der Waals surface area (Å²) in [5.74, 6) is -0.327. The quantitative estimate of drug-likeness (QED) is 0.808. The molecule has 6 heteroatoms. The maximum Gasteiger partial charge on any atom is 0.275 e. The maximum atomic E-state index is 12.3. The van der Waals surface area contributed by atoms with Crippen LogP contribution in [0.5, 0.6) is 0 Å². The van der Waals surface area contributed by atoms with E-state index in [0.717, 1.165) is 10.1 Å². The van der Waals surface area contributed by atoms with Gasteiger partial charge in [-0.15, -0.1) is 0 Å². The molecular formula is C16H12ClN3O2. The molecule has 0 atom stereocenters. The van der Waals surface area contributed by atoms with Gasteiger partial charge in [0.15, 0.2) is 0 Å². The van der Waals surface area contributed by atoms with Crippen LogP contribution in [0.4, 0.5) is 5.69 Å². The van der Waals surface area contributed by atoms with E-state index in [1.165, 1.54) is 0 Å². The smallest absolute Gasteiger partial charge is 0.275 e. The predicted molar refractivity (Wildman–Crippen MR) is 86.1 cm³/mol. The molecule has 2 aromatic carbocycles. The van der Waals surface area contributed by atoms with Crippen molar-refractivity contribution in [2.75, 3.05) is 5.32 Å². The fourth-order valence-corrected chi connectivity index (χ4v) is 2.24. The molecule has 0 saturated carbocycles. The van der Waals surface area contributed by atoms with E-state index in [1.807, 2.05) is 12.1 Å². The van der Waals surface area contributed by atoms with Gasteiger partial charge in [-0.2, -0.15) is 5.10 Å². The zero-order chi connectivity index (χ0) is 15.5. The second-order valence-electron chi connectivity index (χ2n) is 4.75. The number of hydrogen-bond donors (Lipinski definition) is 1. The van der Waals surface area contributed by atoms with E-state index in [0.29, 0.717) is 16.1 Å². The Bertz CT molecular complexity index is 888. The van der Waals surface area contributed by atoms with Gasteiger partial charge >= 0.3 is 0 Å². The molecule has 0 fully saturated rings. The number of benzene rings is 2. The molecule has 0 bridgehead atoms. The number of carbonyl (C=O) groups is 1. The molecule has 0 unspecified atom stereocenters. The van der Waals surface area contributed by atoms with Crippen LogP contribution in [0.2, 0.25) is 5.02 Å². The third-order valence-corrected chi connectivity index (χ3v) is 3.44. The van der Waals surface area contributed by atoms with Crippen LogP contribution in [0.25, 0.3) is 10.8 Å². The maximum absolute atomic E-state index is 12.3. The van der Waals surface area contributed by atoms with E-state index in [-0.39, 0.29) is 18.0 Å². The summed E-state index contributed by atoms with van der Waals surface area (Å²) in [5.41, 5.74) is 0.326. The van der Waals surface area contributed by atoms with Crippen LogP contribution in [0.3, 0.4) is 0 Å². The molecule has 3 rings (SSSR count). The topological polar surface area (TPSA) is 64.0 Å². The summed E-state index contributed by atoms with van der Waals surface area (Å²) in [5, 5.41) is 8.60. The molecule has 0 aliphatic rings. The number of amides is 1. The Kier molecular flexibility index (Phi) is 3.89. The van der Waals surface area contributed by atoms with Crippen molar-refractivity contribution in [3.05, 3.63) is 70.1 Å². The summed E-state index contributed by atoms with van der Waals surface area (Å²) in [7, 11) is 0. The minimum Gasteiger partial charge on any atom is -0.324 e. The molecule has 110 valence electrons. The monoisotopic (exact) mass is 313 g/mol. The summed E-state index contributed by atoms with van der Waals surface area (Å²) >= 11 is 5.79. The fraction of sp³-hybridized carbons (Fsp3) is 0.0625. The molecule has 1 heterocycles. The highest BCUT2D eigenvalue weighted by Crippen LogP contribution is 2.13. The third-order valence-electron chi connectivity index (χ3n) is 3.18. The van der Waals surface area contributed by atoms with Gasteiger partial charge < -0.3 is 5.32 Å². The summed E-state index contributed by atoms with van der Waals surface area (Å²) in [4.78, 5) is 24.3. The van der Waals surface area contributed by atoms with E-state index in [2.05, 4.69) is 10.4 Å². The van der Waals surface area contributed by atoms with Crippen LogP contribution < -0.4 is 10.9 Å². The number of fused-ring (bicyclic) bond motifs is 1. The summed E-state index contributed by atoms with van der Waals surface area (Å²) in [6, 6.07) is 13.9. The van der Waals surface area contributed by atoms with Gasteiger partial charge in [-0.05, 0) is 30.3 Å². The van der Waals surface area contributed by atoms with Crippen molar-refractivity contribution in [1.29, 1.82) is 0 Å². The van der Waals surface area contributed by atoms with E-state index < -0.39 is 0 Å². The minimum absolute atomic E-state index is 0.147. The van der Waals surface area contributed by atoms with Crippen molar-refractivity contribution in [1.82, 2.24) is 9.78 Å². The van der Waals surface area contributed by atoms with E-state index >= 15 is 0 Å². The van der Waals surface area contributed by atoms with Crippen LogP contribution in [0.15, 0.2) is 59.5 Å². The van der Waals surface area contributed by atoms with Crippen LogP contribution in [0, 0.1) is 0 Å². The van der Waals surface area contributed by atoms with Crippen molar-refractivity contribution >= 4 is 34.0 Å². The number of hydrogen-bond acceptors (Lipinski definition) is 3. The first kappa shape index (κ1) is 14.3. The van der Waals surface area contributed by atoms with Crippen molar-refractivity contribution in [3.8, 4) is 0 Å². The molecule has 0 saturated heterocycles. The van der Waals surface area contributed by atoms with Crippen molar-refractivity contribution in [3.63, 3.8) is 0 Å². The summed E-state index contributed by atoms with van der Waals surface area (Å²) in [6.45, 7) is -0.147. The number of aromatic nitrogens is 2. The third kappa shape index (κ3) is 2.99. The number of halogens is 1. The second kappa shape index (κ2) is 5.99. The minimum atomic E-state index is -0.327. The molecule has 0 aliphatic carbocycles. The molecule has 22 heavy (non-hydrogen) atoms. The molecule has 3 aromatic rings. The Balaban J connectivity index is 1.81. The lowest BCUT2D eigenvalue weighted by Crippen LogP contribution is -2.29. The van der Waals surface area contributed by atoms with Crippen LogP contribution >= 0.6 is 11.6 Å². The SMILES string of the molecule is O=C(Cn1ncc2ccccc2c1=O)Nc1ccc(Cl)cc1. The van der Waals surface area contributed by atoms with Gasteiger partial charge in [0.1, 0.15) is 6.54 Å². The number of nitrogens with one attached hydrogen (secondary N) is 1. The largest absolute Gasteiger partial charge is 0.324 e. The lowest BCUT2D eigenvalue weighted by atomic mass is 10.2. The lowest BCUT2D eigenvalue weighted by molar-refractivity contribution is -0.117. The average molecular weight is 314 g/mol. The Morgan fingerprint density at radius 2 is 1.86 bits per heavy atom. The standard InChI is InChI=1S/C16H12ClN3O2/c17-12-5-7-13(8-6-12)19-15(21)10-20-16(22)14-4-2-1-3-11(14)9-18-20/h1-9H,10H2,(H,19,21). The summed E-state index contributed by atoms with van der Waals surface area (Å²) < 4.78 is 1.15. The van der Waals surface area contributed by atoms with Crippen LogP contribution in [0.1, 0.15) is 0 Å². The van der Waals surface area contributed by atoms with Crippen LogP contribution in [-0.2, 0) is 11.3 Å². The molecule has 1 amide bonds. The Morgan fingerprint density at radius 3 is 2.64 bits per heavy atom. The van der Waals surface area contributed by atoms with Crippen LogP contribution in [-0.4, -0.2) is 15.7 Å². The number of anilines is 1. The highest BCUT2D eigenvalue weighted by Gasteiger charge is 2.08. The normalized spacial score (nSPS) is 10.6. The van der Waals surface area contributed by atoms with Crippen molar-refractivity contribution in [2.24, 2.45) is 0 Å². The zero-order valence-electron chi connectivity index (χ0n) is 11.5. The average Bonchev–Trinajstić information content (AvgIpc) is 2.53. The van der Waals surface area contributed by atoms with Crippen molar-refractivity contribution in [2.45, 2.75) is 6.54 Å². The van der Waals surface area contributed by atoms with Gasteiger partial charge in [0.05, 0.1) is 11.6 Å². The fourth-order valence-electron chi connectivity index (χ4n) is 2.11. The Labute approximate surface area is 131 Å². The van der Waals surface area contributed by atoms with Gasteiger partial charge in [-0.25, -0.2) is 4.68 Å². The Hall–Kier alpha value is -2.66. The highest BCUT2D eigenvalue weighted by molar-refractivity contribution is 6.30. The van der Waals surface area contributed by atoms with E-state index in [1.54, 1.807) is 42.6 Å². The molecule has 1 N–H and O–H groups in total. The van der Waals surface area contributed by atoms with E-state index in [9.17, 15) is 9.59 Å². The van der Waals surface area contributed by atoms with Gasteiger partial charge in [-0.1, -0.05) is 29.8 Å². The highest BCUT2D eigenvalue weighted by atomic mass is 35.5. The van der Waals surface area contributed by atoms with Gasteiger partial charge in [0.2, 0.25) is 5.91 Å². The predicted octanol–water partition coefficient (Wildman–Crippen LogP) is 2.69. The first-order valence-corrected chi connectivity index (χ1v) is 7.01. The molecule has 5 nitrogen and oxygen atoms in total. The number of nitrogens with zero attached hydrogens (tertiary/aromatic N) is 2. The first-order chi connectivity index (χ1) is 10.6. The molecule has 1 aromatic heterocycles. The molecular weight excluding hydrogens is 302 g/mol. The van der Waals surface area contributed by atoms with E-state index in [4.69, 9.17) is 11.6 Å². The molecule has 0 aliphatic heterocycles. The lowest BCUT2D eigenvalue weighted by Gasteiger charge is -2.07. The van der Waals surface area contributed by atoms with Gasteiger partial charge in [-0.3, -0.25) is 9.59 Å². The number of rotatable bonds is 3. The molecule has 0 radical (unpaired) electrons. The van der Waals surface area contributed by atoms with Gasteiger partial charge in [0, 0.05) is 16.1 Å². The zero-order valence-corrected chi connectivity index (χ0v) is 12.2. The Morgan fingerprint density at radius 1 is 1.14 bits per heavy atom. The first-order valence-electron chi connectivity index (χ1n) is 6.64. The van der Waals surface area contributed by atoms with Crippen molar-refractivity contribution < 1.29 is 4.79 Å².